The van der Waals surface area contributed by atoms with Gasteiger partial charge in [-0.05, 0) is 53.3 Å². The topological polar surface area (TPSA) is 68.5 Å². The molecular formula is C25H25Cl2NO4. The normalized spacial score (nSPS) is 11.4. The molecule has 3 aromatic rings. The van der Waals surface area contributed by atoms with Gasteiger partial charge in [-0.25, -0.2) is 4.79 Å². The minimum absolute atomic E-state index is 0.0183. The van der Waals surface area contributed by atoms with Crippen LogP contribution in [0.15, 0.2) is 59.4 Å². The molecule has 0 aliphatic carbocycles. The van der Waals surface area contributed by atoms with E-state index in [1.807, 2.05) is 24.3 Å². The first-order valence-electron chi connectivity index (χ1n) is 10.2. The number of nitrogens with zero attached hydrogens (tertiary/aromatic N) is 1. The van der Waals surface area contributed by atoms with Gasteiger partial charge >= 0.3 is 5.97 Å². The van der Waals surface area contributed by atoms with Gasteiger partial charge in [0.05, 0.1) is 16.3 Å². The van der Waals surface area contributed by atoms with Crippen LogP contribution < -0.4 is 10.3 Å². The molecule has 0 spiro atoms. The predicted molar refractivity (Wildman–Crippen MR) is 127 cm³/mol. The van der Waals surface area contributed by atoms with Crippen LogP contribution in [0.5, 0.6) is 5.75 Å². The number of pyridine rings is 1. The van der Waals surface area contributed by atoms with Crippen molar-refractivity contribution in [1.82, 2.24) is 4.57 Å². The Balaban J connectivity index is 1.83. The van der Waals surface area contributed by atoms with Crippen LogP contribution in [0.2, 0.25) is 10.0 Å². The number of halogens is 2. The molecule has 0 aliphatic rings. The third kappa shape index (κ3) is 5.72. The Kier molecular flexibility index (Phi) is 7.32. The molecule has 32 heavy (non-hydrogen) atoms. The van der Waals surface area contributed by atoms with Crippen LogP contribution >= 0.6 is 23.2 Å². The van der Waals surface area contributed by atoms with Crippen molar-refractivity contribution >= 4 is 29.2 Å². The zero-order valence-corrected chi connectivity index (χ0v) is 19.7. The summed E-state index contributed by atoms with van der Waals surface area (Å²) in [7, 11) is 0. The highest BCUT2D eigenvalue weighted by molar-refractivity contribution is 6.34. The van der Waals surface area contributed by atoms with Gasteiger partial charge in [-0.3, -0.25) is 4.79 Å². The van der Waals surface area contributed by atoms with Gasteiger partial charge in [0.1, 0.15) is 17.4 Å². The van der Waals surface area contributed by atoms with E-state index in [2.05, 4.69) is 20.8 Å². The minimum Gasteiger partial charge on any atom is -0.487 e. The molecule has 0 aliphatic heterocycles. The molecule has 0 unspecified atom stereocenters. The molecule has 0 amide bonds. The van der Waals surface area contributed by atoms with Crippen molar-refractivity contribution in [3.63, 3.8) is 0 Å². The van der Waals surface area contributed by atoms with Gasteiger partial charge in [0.2, 0.25) is 0 Å². The number of carboxylic acids is 1. The van der Waals surface area contributed by atoms with Gasteiger partial charge < -0.3 is 14.4 Å². The lowest BCUT2D eigenvalue weighted by molar-refractivity contribution is 0.0697. The van der Waals surface area contributed by atoms with Gasteiger partial charge in [-0.1, -0.05) is 68.2 Å². The lowest BCUT2D eigenvalue weighted by atomic mass is 9.87. The molecule has 3 rings (SSSR count). The van der Waals surface area contributed by atoms with Crippen LogP contribution in [0, 0.1) is 0 Å². The highest BCUT2D eigenvalue weighted by Crippen LogP contribution is 2.27. The SMILES string of the molecule is CC(C)(C)c1cccc(OCc2c(Cl)cc(Cl)c(=O)n2CCc2ccc(C(=O)O)cc2)c1. The molecular weight excluding hydrogens is 449 g/mol. The summed E-state index contributed by atoms with van der Waals surface area (Å²) in [5.74, 6) is -0.295. The van der Waals surface area contributed by atoms with E-state index < -0.39 is 5.97 Å². The molecule has 0 saturated heterocycles. The quantitative estimate of drug-likeness (QED) is 0.458. The standard InChI is InChI=1S/C25H25Cl2NO4/c1-25(2,3)18-5-4-6-19(13-18)32-15-22-20(26)14-21(27)23(29)28(22)12-11-16-7-9-17(10-8-16)24(30)31/h4-10,13-14H,11-12,15H2,1-3H3,(H,30,31). The number of ether oxygens (including phenoxy) is 1. The van der Waals surface area contributed by atoms with E-state index in [0.29, 0.717) is 29.4 Å². The number of rotatable bonds is 7. The highest BCUT2D eigenvalue weighted by atomic mass is 35.5. The summed E-state index contributed by atoms with van der Waals surface area (Å²) in [6.45, 7) is 6.82. The fourth-order valence-corrected chi connectivity index (χ4v) is 3.81. The number of aromatic carboxylic acids is 1. The maximum atomic E-state index is 12.7. The van der Waals surface area contributed by atoms with Crippen LogP contribution in [0.1, 0.15) is 48.0 Å². The average molecular weight is 474 g/mol. The molecule has 0 radical (unpaired) electrons. The highest BCUT2D eigenvalue weighted by Gasteiger charge is 2.16. The molecule has 168 valence electrons. The molecule has 2 aromatic carbocycles. The molecule has 1 aromatic heterocycles. The van der Waals surface area contributed by atoms with E-state index >= 15 is 0 Å². The Bertz CT molecular complexity index is 1180. The molecule has 5 nitrogen and oxygen atoms in total. The van der Waals surface area contributed by atoms with Gasteiger partial charge in [0.15, 0.2) is 0 Å². The Morgan fingerprint density at radius 1 is 1.03 bits per heavy atom. The van der Waals surface area contributed by atoms with Crippen molar-refractivity contribution in [2.45, 2.75) is 45.8 Å². The Morgan fingerprint density at radius 3 is 2.34 bits per heavy atom. The minimum atomic E-state index is -0.982. The molecule has 1 N–H and O–H groups in total. The van der Waals surface area contributed by atoms with Crippen LogP contribution in [-0.4, -0.2) is 15.6 Å². The van der Waals surface area contributed by atoms with Crippen molar-refractivity contribution < 1.29 is 14.6 Å². The molecule has 1 heterocycles. The first kappa shape index (κ1) is 23.9. The second-order valence-corrected chi connectivity index (χ2v) is 9.38. The number of hydrogen-bond donors (Lipinski definition) is 1. The summed E-state index contributed by atoms with van der Waals surface area (Å²) < 4.78 is 7.50. The number of benzene rings is 2. The van der Waals surface area contributed by atoms with Gasteiger partial charge in [-0.2, -0.15) is 0 Å². The Hall–Kier alpha value is -2.76. The lowest BCUT2D eigenvalue weighted by Crippen LogP contribution is -2.26. The van der Waals surface area contributed by atoms with Crippen LogP contribution in [0.3, 0.4) is 0 Å². The summed E-state index contributed by atoms with van der Waals surface area (Å²) in [6.07, 6.45) is 0.503. The lowest BCUT2D eigenvalue weighted by Gasteiger charge is -2.20. The molecule has 7 heteroatoms. The Morgan fingerprint density at radius 2 is 1.72 bits per heavy atom. The maximum absolute atomic E-state index is 12.7. The molecule has 0 saturated carbocycles. The summed E-state index contributed by atoms with van der Waals surface area (Å²) in [6, 6.07) is 15.8. The number of aromatic nitrogens is 1. The Labute approximate surface area is 197 Å². The van der Waals surface area contributed by atoms with Gasteiger partial charge in [0.25, 0.3) is 5.56 Å². The van der Waals surface area contributed by atoms with E-state index in [4.69, 9.17) is 33.0 Å². The fraction of sp³-hybridized carbons (Fsp3) is 0.280. The summed E-state index contributed by atoms with van der Waals surface area (Å²) in [5.41, 5.74) is 2.41. The first-order valence-corrected chi connectivity index (χ1v) is 10.9. The first-order chi connectivity index (χ1) is 15.1. The molecule has 0 atom stereocenters. The zero-order valence-electron chi connectivity index (χ0n) is 18.2. The monoisotopic (exact) mass is 473 g/mol. The maximum Gasteiger partial charge on any atom is 0.335 e. The summed E-state index contributed by atoms with van der Waals surface area (Å²) >= 11 is 12.5. The van der Waals surface area contributed by atoms with E-state index in [9.17, 15) is 9.59 Å². The predicted octanol–water partition coefficient (Wildman–Crippen LogP) is 5.97. The van der Waals surface area contributed by atoms with Crippen molar-refractivity contribution in [2.24, 2.45) is 0 Å². The summed E-state index contributed by atoms with van der Waals surface area (Å²) in [4.78, 5) is 23.8. The van der Waals surface area contributed by atoms with E-state index in [0.717, 1.165) is 11.1 Å². The van der Waals surface area contributed by atoms with Crippen LogP contribution in [-0.2, 0) is 25.0 Å². The van der Waals surface area contributed by atoms with Crippen LogP contribution in [0.25, 0.3) is 0 Å². The number of carboxylic acid groups (broad SMARTS) is 1. The third-order valence-corrected chi connectivity index (χ3v) is 5.80. The average Bonchev–Trinajstić information content (AvgIpc) is 2.74. The smallest absolute Gasteiger partial charge is 0.335 e. The molecule has 0 bridgehead atoms. The van der Waals surface area contributed by atoms with Crippen molar-refractivity contribution in [3.8, 4) is 5.75 Å². The second kappa shape index (κ2) is 9.80. The van der Waals surface area contributed by atoms with Gasteiger partial charge in [-0.15, -0.1) is 0 Å². The van der Waals surface area contributed by atoms with E-state index in [1.165, 1.54) is 22.8 Å². The summed E-state index contributed by atoms with van der Waals surface area (Å²) in [5, 5.41) is 9.43. The zero-order chi connectivity index (χ0) is 23.5. The fourth-order valence-electron chi connectivity index (χ4n) is 3.28. The van der Waals surface area contributed by atoms with Crippen molar-refractivity contribution in [2.75, 3.05) is 0 Å². The number of carbonyl (C=O) groups is 1. The second-order valence-electron chi connectivity index (χ2n) is 8.56. The molecule has 0 fully saturated rings. The number of aryl methyl sites for hydroxylation is 1. The largest absolute Gasteiger partial charge is 0.487 e. The van der Waals surface area contributed by atoms with Crippen molar-refractivity contribution in [3.05, 3.63) is 97.4 Å². The van der Waals surface area contributed by atoms with E-state index in [1.54, 1.807) is 12.1 Å². The van der Waals surface area contributed by atoms with Gasteiger partial charge in [0, 0.05) is 6.54 Å². The third-order valence-electron chi connectivity index (χ3n) is 5.20. The number of hydrogen-bond acceptors (Lipinski definition) is 3. The van der Waals surface area contributed by atoms with Crippen molar-refractivity contribution in [1.29, 1.82) is 0 Å². The van der Waals surface area contributed by atoms with E-state index in [-0.39, 0.29) is 28.2 Å². The van der Waals surface area contributed by atoms with Crippen LogP contribution in [0.4, 0.5) is 0 Å².